The first kappa shape index (κ1) is 13.1. The highest BCUT2D eigenvalue weighted by Gasteiger charge is 2.03. The predicted molar refractivity (Wildman–Crippen MR) is 74.3 cm³/mol. The average molecular weight is 257 g/mol. The van der Waals surface area contributed by atoms with Gasteiger partial charge >= 0.3 is 0 Å². The summed E-state index contributed by atoms with van der Waals surface area (Å²) in [5.41, 5.74) is 2.06. The molecule has 0 aliphatic rings. The molecule has 2 rings (SSSR count). The average Bonchev–Trinajstić information content (AvgIpc) is 2.46. The van der Waals surface area contributed by atoms with Gasteiger partial charge in [0, 0.05) is 0 Å². The molecule has 2 aromatic carbocycles. The summed E-state index contributed by atoms with van der Waals surface area (Å²) >= 11 is 0. The van der Waals surface area contributed by atoms with Crippen molar-refractivity contribution in [3.8, 4) is 22.6 Å². The van der Waals surface area contributed by atoms with Crippen LogP contribution >= 0.6 is 0 Å². The zero-order valence-electron chi connectivity index (χ0n) is 10.6. The Morgan fingerprint density at radius 2 is 1.58 bits per heavy atom. The van der Waals surface area contributed by atoms with Gasteiger partial charge in [0.25, 0.3) is 0 Å². The summed E-state index contributed by atoms with van der Waals surface area (Å²) < 4.78 is 5.43. The van der Waals surface area contributed by atoms with E-state index in [1.165, 1.54) is 0 Å². The van der Waals surface area contributed by atoms with Crippen molar-refractivity contribution >= 4 is 0 Å². The lowest BCUT2D eigenvalue weighted by Gasteiger charge is -2.08. The number of benzene rings is 2. The Balaban J connectivity index is 2.05. The van der Waals surface area contributed by atoms with E-state index < -0.39 is 0 Å². The Morgan fingerprint density at radius 1 is 1.05 bits per heavy atom. The van der Waals surface area contributed by atoms with Crippen molar-refractivity contribution in [1.82, 2.24) is 0 Å². The smallest absolute Gasteiger partial charge is 0.123 e. The van der Waals surface area contributed by atoms with E-state index in [4.69, 9.17) is 4.74 Å². The zero-order chi connectivity index (χ0) is 13.7. The standard InChI is InChI=1S/C15H15NO3/c1-11(16-18)10-19-15-8-4-13(5-9-15)12-2-6-14(17)7-3-12/h2-9,11,17H,10H2,1H3. The molecule has 4 heteroatoms. The minimum absolute atomic E-state index is 0.249. The van der Waals surface area contributed by atoms with Gasteiger partial charge in [0.15, 0.2) is 0 Å². The third-order valence-electron chi connectivity index (χ3n) is 2.73. The molecule has 0 aromatic heterocycles. The van der Waals surface area contributed by atoms with Crippen LogP contribution in [0.5, 0.6) is 11.5 Å². The number of hydrogen-bond donors (Lipinski definition) is 1. The number of ether oxygens (including phenoxy) is 1. The first-order valence-electron chi connectivity index (χ1n) is 6.04. The second-order valence-electron chi connectivity index (χ2n) is 4.34. The molecule has 19 heavy (non-hydrogen) atoms. The van der Waals surface area contributed by atoms with E-state index in [-0.39, 0.29) is 18.4 Å². The summed E-state index contributed by atoms with van der Waals surface area (Å²) in [6.45, 7) is 1.99. The van der Waals surface area contributed by atoms with Gasteiger partial charge in [0.05, 0.1) is 0 Å². The Labute approximate surface area is 111 Å². The molecular formula is C15H15NO3. The summed E-state index contributed by atoms with van der Waals surface area (Å²) in [7, 11) is 0. The molecule has 0 spiro atoms. The maximum absolute atomic E-state index is 10.2. The van der Waals surface area contributed by atoms with E-state index in [0.29, 0.717) is 5.75 Å². The van der Waals surface area contributed by atoms with Crippen LogP contribution in [0.25, 0.3) is 11.1 Å². The molecule has 0 fully saturated rings. The van der Waals surface area contributed by atoms with Crippen molar-refractivity contribution in [3.05, 3.63) is 53.4 Å². The van der Waals surface area contributed by atoms with Crippen LogP contribution < -0.4 is 4.74 Å². The lowest BCUT2D eigenvalue weighted by atomic mass is 10.1. The van der Waals surface area contributed by atoms with Gasteiger partial charge in [0.1, 0.15) is 24.1 Å². The van der Waals surface area contributed by atoms with Gasteiger partial charge in [-0.05, 0) is 42.3 Å². The van der Waals surface area contributed by atoms with E-state index in [0.717, 1.165) is 11.1 Å². The largest absolute Gasteiger partial charge is 0.508 e. The molecule has 1 unspecified atom stereocenters. The van der Waals surface area contributed by atoms with E-state index in [1.807, 2.05) is 36.4 Å². The van der Waals surface area contributed by atoms with Gasteiger partial charge < -0.3 is 9.84 Å². The Hall–Kier alpha value is -2.36. The van der Waals surface area contributed by atoms with Gasteiger partial charge in [-0.2, -0.15) is 4.91 Å². The summed E-state index contributed by atoms with van der Waals surface area (Å²) in [4.78, 5) is 10.2. The topological polar surface area (TPSA) is 58.9 Å². The maximum atomic E-state index is 10.2. The second kappa shape index (κ2) is 6.00. The van der Waals surface area contributed by atoms with Gasteiger partial charge in [-0.1, -0.05) is 29.4 Å². The molecule has 2 aromatic rings. The molecule has 4 nitrogen and oxygen atoms in total. The van der Waals surface area contributed by atoms with Crippen LogP contribution in [0.1, 0.15) is 6.92 Å². The lowest BCUT2D eigenvalue weighted by molar-refractivity contribution is 0.296. The van der Waals surface area contributed by atoms with Crippen molar-refractivity contribution < 1.29 is 9.84 Å². The Bertz CT molecular complexity index is 534. The number of phenolic OH excluding ortho intramolecular Hbond substituents is 1. The van der Waals surface area contributed by atoms with Gasteiger partial charge in [-0.25, -0.2) is 0 Å². The molecular weight excluding hydrogens is 242 g/mol. The van der Waals surface area contributed by atoms with E-state index >= 15 is 0 Å². The highest BCUT2D eigenvalue weighted by atomic mass is 16.5. The van der Waals surface area contributed by atoms with E-state index in [9.17, 15) is 10.0 Å². The minimum atomic E-state index is -0.350. The zero-order valence-corrected chi connectivity index (χ0v) is 10.6. The number of nitrogens with zero attached hydrogens (tertiary/aromatic N) is 1. The van der Waals surface area contributed by atoms with Crippen molar-refractivity contribution in [2.24, 2.45) is 5.18 Å². The van der Waals surface area contributed by atoms with Crippen molar-refractivity contribution in [3.63, 3.8) is 0 Å². The second-order valence-corrected chi connectivity index (χ2v) is 4.34. The van der Waals surface area contributed by atoms with E-state index in [1.54, 1.807) is 19.1 Å². The van der Waals surface area contributed by atoms with Gasteiger partial charge in [-0.3, -0.25) is 0 Å². The third kappa shape index (κ3) is 3.55. The first-order valence-corrected chi connectivity index (χ1v) is 6.04. The van der Waals surface area contributed by atoms with Crippen LogP contribution in [-0.4, -0.2) is 17.8 Å². The molecule has 1 N–H and O–H groups in total. The SMILES string of the molecule is CC(COc1ccc(-c2ccc(O)cc2)cc1)N=O. The molecule has 0 saturated carbocycles. The molecule has 0 heterocycles. The van der Waals surface area contributed by atoms with Gasteiger partial charge in [-0.15, -0.1) is 0 Å². The van der Waals surface area contributed by atoms with Crippen LogP contribution in [0.4, 0.5) is 0 Å². The fraction of sp³-hybridized carbons (Fsp3) is 0.200. The van der Waals surface area contributed by atoms with Crippen LogP contribution in [-0.2, 0) is 0 Å². The van der Waals surface area contributed by atoms with Crippen molar-refractivity contribution in [2.45, 2.75) is 13.0 Å². The molecule has 0 radical (unpaired) electrons. The molecule has 0 bridgehead atoms. The monoisotopic (exact) mass is 257 g/mol. The van der Waals surface area contributed by atoms with Crippen LogP contribution in [0, 0.1) is 4.91 Å². The predicted octanol–water partition coefficient (Wildman–Crippen LogP) is 3.59. The van der Waals surface area contributed by atoms with Crippen LogP contribution in [0.2, 0.25) is 0 Å². The van der Waals surface area contributed by atoms with Crippen molar-refractivity contribution in [2.75, 3.05) is 6.61 Å². The number of phenols is 1. The summed E-state index contributed by atoms with van der Waals surface area (Å²) in [5.74, 6) is 0.956. The van der Waals surface area contributed by atoms with E-state index in [2.05, 4.69) is 5.18 Å². The molecule has 98 valence electrons. The molecule has 0 aliphatic heterocycles. The van der Waals surface area contributed by atoms with Crippen LogP contribution in [0.15, 0.2) is 53.7 Å². The highest BCUT2D eigenvalue weighted by molar-refractivity contribution is 5.64. The fourth-order valence-corrected chi connectivity index (χ4v) is 1.64. The number of rotatable bonds is 5. The number of aromatic hydroxyl groups is 1. The van der Waals surface area contributed by atoms with Crippen molar-refractivity contribution in [1.29, 1.82) is 0 Å². The molecule has 0 saturated heterocycles. The van der Waals surface area contributed by atoms with Gasteiger partial charge in [0.2, 0.25) is 0 Å². The first-order chi connectivity index (χ1) is 9.19. The summed E-state index contributed by atoms with van der Waals surface area (Å²) in [6, 6.07) is 14.2. The molecule has 0 amide bonds. The molecule has 0 aliphatic carbocycles. The maximum Gasteiger partial charge on any atom is 0.123 e. The molecule has 1 atom stereocenters. The Morgan fingerprint density at radius 3 is 2.11 bits per heavy atom. The number of nitroso groups, excluding NO2 is 1. The lowest BCUT2D eigenvalue weighted by Crippen LogP contribution is -2.10. The minimum Gasteiger partial charge on any atom is -0.508 e. The third-order valence-corrected chi connectivity index (χ3v) is 2.73. The Kier molecular flexibility index (Phi) is 4.13. The summed E-state index contributed by atoms with van der Waals surface area (Å²) in [6.07, 6.45) is 0. The highest BCUT2D eigenvalue weighted by Crippen LogP contribution is 2.24. The fourth-order valence-electron chi connectivity index (χ4n) is 1.64. The normalized spacial score (nSPS) is 11.8. The quantitative estimate of drug-likeness (QED) is 0.832. The number of hydrogen-bond acceptors (Lipinski definition) is 4. The van der Waals surface area contributed by atoms with Crippen LogP contribution in [0.3, 0.4) is 0 Å². The summed E-state index contributed by atoms with van der Waals surface area (Å²) in [5, 5.41) is 12.1.